The van der Waals surface area contributed by atoms with Crippen LogP contribution in [0.5, 0.6) is 0 Å². The number of likely N-dealkylation sites (tertiary alicyclic amines) is 1. The summed E-state index contributed by atoms with van der Waals surface area (Å²) in [6.45, 7) is 13.9. The number of rotatable bonds is 7. The van der Waals surface area contributed by atoms with Gasteiger partial charge in [-0.2, -0.15) is 0 Å². The number of hydrogen-bond donors (Lipinski definition) is 2. The van der Waals surface area contributed by atoms with Crippen LogP contribution in [0.25, 0.3) is 0 Å². The minimum absolute atomic E-state index is 0.343. The van der Waals surface area contributed by atoms with Crippen LogP contribution in [0.4, 0.5) is 4.79 Å². The predicted molar refractivity (Wildman–Crippen MR) is 81.9 cm³/mol. The van der Waals surface area contributed by atoms with Gasteiger partial charge in [-0.05, 0) is 59.2 Å². The quantitative estimate of drug-likeness (QED) is 0.701. The van der Waals surface area contributed by atoms with Crippen molar-refractivity contribution in [2.24, 2.45) is 5.92 Å². The maximum atomic E-state index is 11.4. The van der Waals surface area contributed by atoms with E-state index >= 15 is 0 Å². The van der Waals surface area contributed by atoms with Gasteiger partial charge >= 0.3 is 6.09 Å². The lowest BCUT2D eigenvalue weighted by atomic mass is 10.1. The fourth-order valence-corrected chi connectivity index (χ4v) is 2.39. The van der Waals surface area contributed by atoms with Gasteiger partial charge < -0.3 is 20.3 Å². The van der Waals surface area contributed by atoms with Crippen LogP contribution < -0.4 is 10.6 Å². The third kappa shape index (κ3) is 8.38. The molecule has 1 heterocycles. The Hall–Kier alpha value is -0.810. The van der Waals surface area contributed by atoms with Gasteiger partial charge in [-0.25, -0.2) is 4.79 Å². The zero-order valence-electron chi connectivity index (χ0n) is 13.5. The van der Waals surface area contributed by atoms with Gasteiger partial charge in [0.25, 0.3) is 0 Å². The standard InChI is InChI=1S/C15H31N3O2/c1-13(12-18-9-5-6-10-18)11-16-7-8-17-14(19)20-15(2,3)4/h13,16H,5-12H2,1-4H3,(H,17,19). The molecule has 0 saturated carbocycles. The van der Waals surface area contributed by atoms with Gasteiger partial charge in [-0.3, -0.25) is 0 Å². The number of alkyl carbamates (subject to hydrolysis) is 1. The number of carbonyl (C=O) groups is 1. The van der Waals surface area contributed by atoms with E-state index in [1.807, 2.05) is 20.8 Å². The lowest BCUT2D eigenvalue weighted by Gasteiger charge is -2.21. The van der Waals surface area contributed by atoms with Crippen molar-refractivity contribution in [1.82, 2.24) is 15.5 Å². The van der Waals surface area contributed by atoms with E-state index in [1.54, 1.807) is 0 Å². The molecule has 0 aromatic heterocycles. The minimum Gasteiger partial charge on any atom is -0.444 e. The molecule has 0 spiro atoms. The molecule has 0 aromatic carbocycles. The number of amides is 1. The van der Waals surface area contributed by atoms with Crippen molar-refractivity contribution in [3.8, 4) is 0 Å². The molecule has 0 bridgehead atoms. The Morgan fingerprint density at radius 1 is 1.25 bits per heavy atom. The lowest BCUT2D eigenvalue weighted by Crippen LogP contribution is -2.38. The molecule has 20 heavy (non-hydrogen) atoms. The first-order valence-electron chi connectivity index (χ1n) is 7.77. The van der Waals surface area contributed by atoms with Crippen LogP contribution in [-0.4, -0.2) is 55.9 Å². The fourth-order valence-electron chi connectivity index (χ4n) is 2.39. The predicted octanol–water partition coefficient (Wildman–Crippen LogP) is 1.83. The summed E-state index contributed by atoms with van der Waals surface area (Å²) in [6.07, 6.45) is 2.35. The average molecular weight is 285 g/mol. The van der Waals surface area contributed by atoms with Gasteiger partial charge in [-0.15, -0.1) is 0 Å². The lowest BCUT2D eigenvalue weighted by molar-refractivity contribution is 0.0528. The number of nitrogens with one attached hydrogen (secondary N) is 2. The second-order valence-electron chi connectivity index (χ2n) is 6.75. The monoisotopic (exact) mass is 285 g/mol. The molecule has 0 radical (unpaired) electrons. The molecule has 1 unspecified atom stereocenters. The normalized spacial score (nSPS) is 18.0. The minimum atomic E-state index is -0.429. The smallest absolute Gasteiger partial charge is 0.407 e. The molecule has 1 aliphatic rings. The first kappa shape index (κ1) is 17.2. The second-order valence-corrected chi connectivity index (χ2v) is 6.75. The highest BCUT2D eigenvalue weighted by molar-refractivity contribution is 5.67. The molecule has 1 saturated heterocycles. The van der Waals surface area contributed by atoms with Gasteiger partial charge in [0.1, 0.15) is 5.60 Å². The zero-order chi connectivity index (χ0) is 15.0. The summed E-state index contributed by atoms with van der Waals surface area (Å²) in [5.41, 5.74) is -0.429. The molecule has 1 aliphatic heterocycles. The summed E-state index contributed by atoms with van der Waals surface area (Å²) >= 11 is 0. The van der Waals surface area contributed by atoms with Crippen molar-refractivity contribution in [1.29, 1.82) is 0 Å². The van der Waals surface area contributed by atoms with Crippen LogP contribution in [0.15, 0.2) is 0 Å². The zero-order valence-corrected chi connectivity index (χ0v) is 13.5. The van der Waals surface area contributed by atoms with Crippen LogP contribution >= 0.6 is 0 Å². The van der Waals surface area contributed by atoms with Crippen LogP contribution in [0.1, 0.15) is 40.5 Å². The number of ether oxygens (including phenoxy) is 1. The van der Waals surface area contributed by atoms with Gasteiger partial charge in [0.2, 0.25) is 0 Å². The first-order chi connectivity index (χ1) is 9.37. The first-order valence-corrected chi connectivity index (χ1v) is 7.77. The van der Waals surface area contributed by atoms with E-state index in [4.69, 9.17) is 4.74 Å². The Morgan fingerprint density at radius 2 is 1.90 bits per heavy atom. The summed E-state index contributed by atoms with van der Waals surface area (Å²) in [5.74, 6) is 0.648. The van der Waals surface area contributed by atoms with Crippen LogP contribution in [0, 0.1) is 5.92 Å². The van der Waals surface area contributed by atoms with Crippen molar-refractivity contribution in [2.75, 3.05) is 39.3 Å². The Kier molecular flexibility index (Phi) is 7.30. The van der Waals surface area contributed by atoms with Gasteiger partial charge in [-0.1, -0.05) is 6.92 Å². The van der Waals surface area contributed by atoms with E-state index in [0.29, 0.717) is 12.5 Å². The van der Waals surface area contributed by atoms with Gasteiger partial charge in [0, 0.05) is 19.6 Å². The summed E-state index contributed by atoms with van der Waals surface area (Å²) in [6, 6.07) is 0. The molecular weight excluding hydrogens is 254 g/mol. The molecule has 2 N–H and O–H groups in total. The Morgan fingerprint density at radius 3 is 2.50 bits per heavy atom. The topological polar surface area (TPSA) is 53.6 Å². The largest absolute Gasteiger partial charge is 0.444 e. The van der Waals surface area contributed by atoms with Crippen molar-refractivity contribution in [2.45, 2.75) is 46.1 Å². The summed E-state index contributed by atoms with van der Waals surface area (Å²) in [4.78, 5) is 14.0. The second kappa shape index (κ2) is 8.47. The van der Waals surface area contributed by atoms with E-state index in [2.05, 4.69) is 22.5 Å². The third-order valence-corrected chi connectivity index (χ3v) is 3.23. The summed E-state index contributed by atoms with van der Waals surface area (Å²) in [5, 5.41) is 6.13. The fraction of sp³-hybridized carbons (Fsp3) is 0.933. The van der Waals surface area contributed by atoms with Crippen molar-refractivity contribution < 1.29 is 9.53 Å². The summed E-state index contributed by atoms with van der Waals surface area (Å²) < 4.78 is 5.17. The van der Waals surface area contributed by atoms with Crippen molar-refractivity contribution in [3.05, 3.63) is 0 Å². The molecule has 0 aromatic rings. The molecule has 5 nitrogen and oxygen atoms in total. The van der Waals surface area contributed by atoms with Crippen LogP contribution in [0.3, 0.4) is 0 Å². The molecular formula is C15H31N3O2. The van der Waals surface area contributed by atoms with Crippen molar-refractivity contribution in [3.63, 3.8) is 0 Å². The van der Waals surface area contributed by atoms with E-state index in [9.17, 15) is 4.79 Å². The molecule has 1 fully saturated rings. The van der Waals surface area contributed by atoms with E-state index in [0.717, 1.165) is 13.1 Å². The highest BCUT2D eigenvalue weighted by Crippen LogP contribution is 2.09. The Labute approximate surface area is 123 Å². The number of carbonyl (C=O) groups excluding carboxylic acids is 1. The molecule has 1 atom stereocenters. The molecule has 0 aliphatic carbocycles. The average Bonchev–Trinajstić information content (AvgIpc) is 2.78. The Bertz CT molecular complexity index is 283. The third-order valence-electron chi connectivity index (χ3n) is 3.23. The van der Waals surface area contributed by atoms with Gasteiger partial charge in [0.15, 0.2) is 0 Å². The van der Waals surface area contributed by atoms with E-state index < -0.39 is 5.60 Å². The Balaban J connectivity index is 1.97. The van der Waals surface area contributed by atoms with E-state index in [-0.39, 0.29) is 6.09 Å². The maximum Gasteiger partial charge on any atom is 0.407 e. The van der Waals surface area contributed by atoms with Crippen LogP contribution in [-0.2, 0) is 4.74 Å². The SMILES string of the molecule is CC(CNCCNC(=O)OC(C)(C)C)CN1CCCC1. The molecule has 118 valence electrons. The number of hydrogen-bond acceptors (Lipinski definition) is 4. The van der Waals surface area contributed by atoms with Crippen molar-refractivity contribution >= 4 is 6.09 Å². The molecule has 5 heteroatoms. The van der Waals surface area contributed by atoms with E-state index in [1.165, 1.54) is 32.5 Å². The van der Waals surface area contributed by atoms with Gasteiger partial charge in [0.05, 0.1) is 0 Å². The highest BCUT2D eigenvalue weighted by Gasteiger charge is 2.16. The van der Waals surface area contributed by atoms with Crippen LogP contribution in [0.2, 0.25) is 0 Å². The molecule has 1 amide bonds. The highest BCUT2D eigenvalue weighted by atomic mass is 16.6. The number of nitrogens with zero attached hydrogens (tertiary/aromatic N) is 1. The maximum absolute atomic E-state index is 11.4. The molecule has 1 rings (SSSR count). The summed E-state index contributed by atoms with van der Waals surface area (Å²) in [7, 11) is 0.